The SMILES string of the molecule is CCCCCCC/C=C\C/C=C\C/C=C\CCCCCCCCCCCCCCCCCCCCCCCCCCCCC(=O)OC(COC(=O)CCCCCCCCCCCCCCCCCCCCCCCCC/C=C\CCCCCCCCCC)COP(=O)([O-])OCC[N+](C)(C)C. The van der Waals surface area contributed by atoms with Gasteiger partial charge in [-0.2, -0.15) is 0 Å². The summed E-state index contributed by atoms with van der Waals surface area (Å²) in [5.74, 6) is -0.805. The molecule has 0 heterocycles. The van der Waals surface area contributed by atoms with Crippen molar-refractivity contribution in [3.8, 4) is 0 Å². The van der Waals surface area contributed by atoms with E-state index in [1.54, 1.807) is 0 Å². The molecule has 0 aliphatic rings. The van der Waals surface area contributed by atoms with Crippen LogP contribution in [0.4, 0.5) is 0 Å². The molecule has 0 fully saturated rings. The second-order valence-electron chi connectivity index (χ2n) is 31.6. The van der Waals surface area contributed by atoms with Crippen LogP contribution in [0, 0.1) is 0 Å². The number of esters is 2. The molecule has 0 saturated carbocycles. The van der Waals surface area contributed by atoms with Gasteiger partial charge in [-0.3, -0.25) is 14.2 Å². The standard InChI is InChI=1S/C90H172NO8P/c1-6-8-10-12-14-16-18-20-22-24-26-28-30-32-34-36-38-40-42-43-44-45-46-47-49-51-53-55-57-59-61-63-65-67-69-71-73-75-77-79-81-83-90(93)99-88(87-98-100(94,95)97-85-84-91(3,4)5)86-96-89(92)82-80-78-76-74-72-70-68-66-64-62-60-58-56-54-52-50-48-41-39-37-35-33-31-29-27-25-23-21-19-17-15-13-11-9-7-2/h18,20,24-27,30,32,88H,6-17,19,21-23,28-29,31,33-87H2,1-5H3/b20-18-,26-24-,27-25-,32-30-. The lowest BCUT2D eigenvalue weighted by atomic mass is 10.0. The highest BCUT2D eigenvalue weighted by molar-refractivity contribution is 7.45. The summed E-state index contributed by atoms with van der Waals surface area (Å²) < 4.78 is 34.5. The van der Waals surface area contributed by atoms with Gasteiger partial charge in [0.25, 0.3) is 7.82 Å². The fourth-order valence-electron chi connectivity index (χ4n) is 13.6. The molecule has 9 nitrogen and oxygen atoms in total. The van der Waals surface area contributed by atoms with Crippen molar-refractivity contribution in [2.45, 2.75) is 469 Å². The number of ether oxygens (including phenoxy) is 2. The summed E-state index contributed by atoms with van der Waals surface area (Å²) in [6, 6.07) is 0. The van der Waals surface area contributed by atoms with E-state index >= 15 is 0 Å². The molecule has 0 aromatic carbocycles. The fraction of sp³-hybridized carbons (Fsp3) is 0.889. The van der Waals surface area contributed by atoms with E-state index in [0.29, 0.717) is 17.4 Å². The number of unbranched alkanes of at least 4 members (excludes halogenated alkanes) is 62. The fourth-order valence-corrected chi connectivity index (χ4v) is 14.3. The van der Waals surface area contributed by atoms with Gasteiger partial charge in [-0.15, -0.1) is 0 Å². The molecule has 0 saturated heterocycles. The Bertz CT molecular complexity index is 1830. The predicted molar refractivity (Wildman–Crippen MR) is 434 cm³/mol. The molecule has 0 amide bonds. The number of carbonyl (C=O) groups excluding carboxylic acids is 2. The van der Waals surface area contributed by atoms with Gasteiger partial charge >= 0.3 is 11.9 Å². The minimum Gasteiger partial charge on any atom is -0.756 e. The van der Waals surface area contributed by atoms with Crippen LogP contribution < -0.4 is 4.89 Å². The van der Waals surface area contributed by atoms with Crippen molar-refractivity contribution < 1.29 is 42.1 Å². The van der Waals surface area contributed by atoms with E-state index in [1.165, 1.54) is 385 Å². The highest BCUT2D eigenvalue weighted by Gasteiger charge is 2.22. The first kappa shape index (κ1) is 98.0. The van der Waals surface area contributed by atoms with Gasteiger partial charge in [0.1, 0.15) is 19.8 Å². The Labute approximate surface area is 624 Å². The van der Waals surface area contributed by atoms with Crippen molar-refractivity contribution in [3.63, 3.8) is 0 Å². The third kappa shape index (κ3) is 84.9. The molecule has 0 spiro atoms. The van der Waals surface area contributed by atoms with Crippen LogP contribution in [0.15, 0.2) is 48.6 Å². The Morgan fingerprint density at radius 2 is 0.540 bits per heavy atom. The maximum Gasteiger partial charge on any atom is 0.306 e. The maximum atomic E-state index is 12.9. The Kier molecular flexibility index (Phi) is 79.4. The number of nitrogens with zero attached hydrogens (tertiary/aromatic N) is 1. The maximum absolute atomic E-state index is 12.9. The lowest BCUT2D eigenvalue weighted by molar-refractivity contribution is -0.870. The number of phosphoric ester groups is 1. The molecule has 0 N–H and O–H groups in total. The van der Waals surface area contributed by atoms with E-state index in [-0.39, 0.29) is 32.0 Å². The molecule has 0 radical (unpaired) electrons. The van der Waals surface area contributed by atoms with Crippen molar-refractivity contribution >= 4 is 19.8 Å². The highest BCUT2D eigenvalue weighted by atomic mass is 31.2. The zero-order chi connectivity index (χ0) is 72.5. The van der Waals surface area contributed by atoms with Crippen LogP contribution in [-0.4, -0.2) is 70.0 Å². The number of likely N-dealkylation sites (N-methyl/N-ethyl adjacent to an activating group) is 1. The quantitative estimate of drug-likeness (QED) is 0.0195. The second kappa shape index (κ2) is 81.1. The molecular weight excluding hydrogens is 1250 g/mol. The van der Waals surface area contributed by atoms with E-state index in [0.717, 1.165) is 44.9 Å². The summed E-state index contributed by atoms with van der Waals surface area (Å²) >= 11 is 0. The van der Waals surface area contributed by atoms with Crippen molar-refractivity contribution in [3.05, 3.63) is 48.6 Å². The molecule has 0 aliphatic heterocycles. The summed E-state index contributed by atoms with van der Waals surface area (Å²) in [7, 11) is 1.19. The van der Waals surface area contributed by atoms with Crippen LogP contribution >= 0.6 is 7.82 Å². The molecule has 0 aliphatic carbocycles. The molecule has 10 heteroatoms. The van der Waals surface area contributed by atoms with Gasteiger partial charge in [0.2, 0.25) is 0 Å². The predicted octanol–water partition coefficient (Wildman–Crippen LogP) is 29.2. The van der Waals surface area contributed by atoms with E-state index in [1.807, 2.05) is 21.1 Å². The zero-order valence-corrected chi connectivity index (χ0v) is 68.6. The molecule has 0 rings (SSSR count). The van der Waals surface area contributed by atoms with E-state index in [4.69, 9.17) is 18.5 Å². The summed E-state index contributed by atoms with van der Waals surface area (Å²) in [5, 5.41) is 0. The largest absolute Gasteiger partial charge is 0.756 e. The van der Waals surface area contributed by atoms with Gasteiger partial charge in [0.05, 0.1) is 27.7 Å². The zero-order valence-electron chi connectivity index (χ0n) is 67.7. The van der Waals surface area contributed by atoms with E-state index < -0.39 is 26.5 Å². The smallest absolute Gasteiger partial charge is 0.306 e. The molecule has 0 aromatic heterocycles. The normalized spacial score (nSPS) is 13.1. The average molecular weight is 1430 g/mol. The first-order valence-electron chi connectivity index (χ1n) is 44.3. The molecular formula is C90H172NO8P. The lowest BCUT2D eigenvalue weighted by Gasteiger charge is -2.28. The minimum atomic E-state index is -4.64. The Morgan fingerprint density at radius 3 is 0.810 bits per heavy atom. The minimum absolute atomic E-state index is 0.0272. The Hall–Kier alpha value is -2.03. The lowest BCUT2D eigenvalue weighted by Crippen LogP contribution is -2.37. The second-order valence-corrected chi connectivity index (χ2v) is 33.0. The van der Waals surface area contributed by atoms with Crippen molar-refractivity contribution in [1.29, 1.82) is 0 Å². The molecule has 0 bridgehead atoms. The molecule has 100 heavy (non-hydrogen) atoms. The number of hydrogen-bond donors (Lipinski definition) is 0. The average Bonchev–Trinajstić information content (AvgIpc) is 1.30. The highest BCUT2D eigenvalue weighted by Crippen LogP contribution is 2.38. The van der Waals surface area contributed by atoms with Gasteiger partial charge in [-0.05, 0) is 77.0 Å². The van der Waals surface area contributed by atoms with Crippen LogP contribution in [0.3, 0.4) is 0 Å². The molecule has 0 aromatic rings. The monoisotopic (exact) mass is 1430 g/mol. The van der Waals surface area contributed by atoms with Gasteiger partial charge in [-0.25, -0.2) is 0 Å². The summed E-state index contributed by atoms with van der Waals surface area (Å²) in [5.41, 5.74) is 0. The van der Waals surface area contributed by atoms with Crippen LogP contribution in [0.25, 0.3) is 0 Å². The third-order valence-corrected chi connectivity index (χ3v) is 21.3. The number of hydrogen-bond acceptors (Lipinski definition) is 8. The Morgan fingerprint density at radius 1 is 0.310 bits per heavy atom. The summed E-state index contributed by atoms with van der Waals surface area (Å²) in [6.07, 6.45) is 109. The van der Waals surface area contributed by atoms with Crippen molar-refractivity contribution in [2.75, 3.05) is 47.5 Å². The molecule has 2 atom stereocenters. The number of rotatable bonds is 84. The van der Waals surface area contributed by atoms with E-state index in [9.17, 15) is 19.0 Å². The molecule has 590 valence electrons. The summed E-state index contributed by atoms with van der Waals surface area (Å²) in [4.78, 5) is 38.3. The third-order valence-electron chi connectivity index (χ3n) is 20.3. The van der Waals surface area contributed by atoms with Crippen molar-refractivity contribution in [2.24, 2.45) is 0 Å². The van der Waals surface area contributed by atoms with Crippen LogP contribution in [0.1, 0.15) is 463 Å². The van der Waals surface area contributed by atoms with Gasteiger partial charge in [0, 0.05) is 12.8 Å². The molecule has 2 unspecified atom stereocenters. The van der Waals surface area contributed by atoms with Crippen LogP contribution in [0.5, 0.6) is 0 Å². The number of allylic oxidation sites excluding steroid dienone is 8. The van der Waals surface area contributed by atoms with Gasteiger partial charge in [0.15, 0.2) is 6.10 Å². The summed E-state index contributed by atoms with van der Waals surface area (Å²) in [6.45, 7) is 4.31. The van der Waals surface area contributed by atoms with Crippen LogP contribution in [0.2, 0.25) is 0 Å². The van der Waals surface area contributed by atoms with E-state index in [2.05, 4.69) is 62.5 Å². The number of carbonyl (C=O) groups is 2. The van der Waals surface area contributed by atoms with Crippen molar-refractivity contribution in [1.82, 2.24) is 0 Å². The Balaban J connectivity index is 3.85. The number of quaternary nitrogens is 1. The van der Waals surface area contributed by atoms with Gasteiger partial charge in [-0.1, -0.05) is 422 Å². The topological polar surface area (TPSA) is 111 Å². The van der Waals surface area contributed by atoms with Crippen LogP contribution in [-0.2, 0) is 32.7 Å². The number of phosphoric acid groups is 1. The first-order valence-corrected chi connectivity index (χ1v) is 45.8. The van der Waals surface area contributed by atoms with Gasteiger partial charge < -0.3 is 27.9 Å². The first-order chi connectivity index (χ1) is 49.0.